The van der Waals surface area contributed by atoms with Crippen LogP contribution in [0.2, 0.25) is 15.1 Å². The molecule has 0 amide bonds. The molecule has 0 saturated carbocycles. The minimum atomic E-state index is -4.07. The zero-order chi connectivity index (χ0) is 94.9. The van der Waals surface area contributed by atoms with Crippen LogP contribution in [0.25, 0.3) is 0 Å². The maximum absolute atomic E-state index is 14.7. The van der Waals surface area contributed by atoms with Gasteiger partial charge < -0.3 is 47.6 Å². The van der Waals surface area contributed by atoms with Crippen LogP contribution in [0.15, 0.2) is 179 Å². The number of methoxy groups -OCH3 is 4. The van der Waals surface area contributed by atoms with Gasteiger partial charge in [-0.15, -0.1) is 34.0 Å². The van der Waals surface area contributed by atoms with E-state index >= 15 is 0 Å². The zero-order valence-corrected chi connectivity index (χ0v) is 77.3. The van der Waals surface area contributed by atoms with Crippen molar-refractivity contribution >= 4 is 154 Å². The van der Waals surface area contributed by atoms with E-state index in [1.54, 1.807) is 33.0 Å². The molecule has 12 heterocycles. The van der Waals surface area contributed by atoms with Gasteiger partial charge in [0.15, 0.2) is 61.6 Å². The van der Waals surface area contributed by atoms with Crippen LogP contribution in [-0.2, 0) is 82.2 Å². The van der Waals surface area contributed by atoms with Crippen molar-refractivity contribution in [3.05, 3.63) is 263 Å². The molecule has 8 aliphatic heterocycles. The van der Waals surface area contributed by atoms with E-state index in [0.29, 0.717) is 73.9 Å². The van der Waals surface area contributed by atoms with Gasteiger partial charge in [0.05, 0.1) is 63.2 Å². The van der Waals surface area contributed by atoms with Crippen LogP contribution >= 0.6 is 76.6 Å². The highest BCUT2D eigenvalue weighted by Gasteiger charge is 2.50. The molecule has 0 aliphatic carbocycles. The molecule has 696 valence electrons. The summed E-state index contributed by atoms with van der Waals surface area (Å²) in [7, 11) is -6.46. The topological polar surface area (TPSA) is 448 Å². The molecule has 131 heavy (non-hydrogen) atoms. The lowest BCUT2D eigenvalue weighted by atomic mass is 9.94. The van der Waals surface area contributed by atoms with Crippen molar-refractivity contribution in [3.8, 4) is 0 Å². The van der Waals surface area contributed by atoms with Crippen molar-refractivity contribution in [3.63, 3.8) is 0 Å². The number of ether oxygens (including phenoxy) is 4. The minimum absolute atomic E-state index is 0.00689. The largest absolute Gasteiger partial charge is 0.466 e. The summed E-state index contributed by atoms with van der Waals surface area (Å²) in [5, 5.41) is 20.4. The highest BCUT2D eigenvalue weighted by Crippen LogP contribution is 2.50. The van der Waals surface area contributed by atoms with E-state index in [4.69, 9.17) is 83.1 Å². The number of nitrogens with zero attached hydrogens (tertiary/aromatic N) is 13. The minimum Gasteiger partial charge on any atom is -0.466 e. The smallest absolute Gasteiger partial charge is 0.405 e. The normalized spacial score (nSPS) is 20.7. The predicted molar refractivity (Wildman–Crippen MR) is 465 cm³/mol. The van der Waals surface area contributed by atoms with Crippen LogP contribution in [0.1, 0.15) is 92.8 Å². The van der Waals surface area contributed by atoms with E-state index in [0.717, 1.165) is 61.3 Å². The number of halogens is 11. The molecule has 53 heteroatoms. The Morgan fingerprint density at radius 3 is 1.18 bits per heavy atom. The third-order valence-corrected chi connectivity index (χ3v) is 28.6. The average molecular weight is 2020 g/mol. The molecule has 8 atom stereocenters. The SMILES string of the molecule is COC(=O)C1=C2C[C@H](N(C)S(N)(=O)=O)CN2C(c2nccs2)=N[C@H]1c1ccc(F)cc1Cl.COC(=O)C1=C2C[C@H](NP(=O)(OC)OC)CN2C(c2nccs2)=N[C@H]1c1ccc(F)cc1Cl.COC(=O)C1=C2C[C@H](NS(C)(=O)=O)CN2C(c2ncc(F)cc2F)=N[C@H]1c1ccc(F)cc1Cl.COC(=O)C1=C2C[C@H](NS(N)(=O)=O)CN2C(c2nccs2)=N[C@H]1c1ccc(F)c(F)c1F. The van der Waals surface area contributed by atoms with Crippen LogP contribution < -0.4 is 24.8 Å². The van der Waals surface area contributed by atoms with E-state index in [9.17, 15) is 84.1 Å². The Kier molecular flexibility index (Phi) is 30.2. The van der Waals surface area contributed by atoms with Crippen LogP contribution in [0.5, 0.6) is 0 Å². The molecule has 4 fully saturated rings. The van der Waals surface area contributed by atoms with Crippen LogP contribution in [0, 0.1) is 46.5 Å². The number of sulfonamides is 1. The van der Waals surface area contributed by atoms with Crippen molar-refractivity contribution in [1.29, 1.82) is 0 Å². The Labute approximate surface area is 769 Å². The van der Waals surface area contributed by atoms with E-state index in [-0.39, 0.29) is 110 Å². The summed E-state index contributed by atoms with van der Waals surface area (Å²) in [5.74, 6) is -9.91. The van der Waals surface area contributed by atoms with Gasteiger partial charge in [0.25, 0.3) is 20.4 Å². The molecule has 4 aromatic heterocycles. The zero-order valence-electron chi connectivity index (χ0n) is 69.2. The second-order valence-electron chi connectivity index (χ2n) is 29.2. The molecule has 7 N–H and O–H groups in total. The quantitative estimate of drug-likeness (QED) is 0.0138. The molecular formula is C78H74Cl3F8N18O17PS6. The first-order chi connectivity index (χ1) is 62.0. The number of benzene rings is 4. The summed E-state index contributed by atoms with van der Waals surface area (Å²) in [4.78, 5) is 93.2. The van der Waals surface area contributed by atoms with Crippen molar-refractivity contribution in [2.24, 2.45) is 30.2 Å². The standard InChI is InChI=1S/C21H18ClF3N4O4S.C20H21ClFN4O5PS.C19H19ClFN5O4S2.C18H16F3N5O4S2/c1-33-21(30)17-16-7-12(28-34(2,31)32)9-29(16)20(19-15(25)6-11(24)8-26-19)27-18(17)13-4-3-10(23)5-14(13)22;1-29-20(27)16-15-9-12(25-32(28,30-2)31-3)10-26(15)18(19-23-6-7-33-19)24-17(16)13-5-4-11(22)8-14(13)21;1-25(32(22,28)29)11-8-14-15(19(27)30-2)16(12-4-3-10(21)7-13(12)20)24-17(26(14)9-11)18-23-5-6-31-18;1-30-18(27)12-11-6-8(25-32(22,28)29)7-26(11)16(17-23-4-5-31-17)24-15(12)9-2-3-10(19)14(21)13(9)20/h3-6,8,12,18,28H,7,9H2,1-2H3;4-8,12,17H,9-10H2,1-3H3,(H,25,28);3-7,11,16H,8-9H2,1-2H3,(H2,22,28,29);2-5,8,15,25H,6-7H2,1H3,(H2,22,28,29)/t12-,18-;12-,17-;11-,16-;8-,15-/m0000/s1. The first kappa shape index (κ1) is 98.2. The van der Waals surface area contributed by atoms with Gasteiger partial charge in [-0.3, -0.25) is 20.0 Å². The van der Waals surface area contributed by atoms with Crippen molar-refractivity contribution in [2.75, 3.05) is 82.1 Å². The lowest BCUT2D eigenvalue weighted by Crippen LogP contribution is -2.43. The Hall–Kier alpha value is -10.3. The molecule has 0 bridgehead atoms. The predicted octanol–water partition coefficient (Wildman–Crippen LogP) is 10.1. The average Bonchev–Trinajstić information content (AvgIpc) is 1.65. The highest BCUT2D eigenvalue weighted by molar-refractivity contribution is 7.88. The third kappa shape index (κ3) is 21.4. The van der Waals surface area contributed by atoms with Gasteiger partial charge in [0.2, 0.25) is 10.0 Å². The Morgan fingerprint density at radius 2 is 0.824 bits per heavy atom. The number of aromatic nitrogens is 4. The van der Waals surface area contributed by atoms with Gasteiger partial charge in [-0.25, -0.2) is 107 Å². The molecule has 4 saturated heterocycles. The number of amidine groups is 4. The summed E-state index contributed by atoms with van der Waals surface area (Å²) in [5.41, 5.74) is 2.50. The second kappa shape index (κ2) is 40.3. The number of pyridine rings is 1. The van der Waals surface area contributed by atoms with E-state index < -0.39 is 157 Å². The van der Waals surface area contributed by atoms with Crippen molar-refractivity contribution in [2.45, 2.75) is 74.0 Å². The fraction of sp³-hybridized carbons (Fsp3) is 0.308. The number of fused-ring (bicyclic) bond motifs is 4. The van der Waals surface area contributed by atoms with Gasteiger partial charge in [-0.2, -0.15) is 25.9 Å². The number of esters is 4. The van der Waals surface area contributed by atoms with E-state index in [1.807, 2.05) is 10.3 Å². The fourth-order valence-electron chi connectivity index (χ4n) is 15.6. The summed E-state index contributed by atoms with van der Waals surface area (Å²) in [6.07, 6.45) is 7.09. The number of rotatable bonds is 22. The first-order valence-electron chi connectivity index (χ1n) is 38.2. The number of nitrogens with two attached hydrogens (primary N) is 2. The molecular weight excluding hydrogens is 1940 g/mol. The molecule has 4 aromatic carbocycles. The monoisotopic (exact) mass is 2010 g/mol. The number of aliphatic imine (C=N–C) groups is 4. The number of thiazole rings is 3. The summed E-state index contributed by atoms with van der Waals surface area (Å²) >= 11 is 22.8. The molecule has 0 radical (unpaired) electrons. The van der Waals surface area contributed by atoms with Gasteiger partial charge >= 0.3 is 31.6 Å². The van der Waals surface area contributed by atoms with Crippen LogP contribution in [-0.4, -0.2) is 223 Å². The van der Waals surface area contributed by atoms with Gasteiger partial charge in [-0.05, 0) is 42.5 Å². The number of carbonyl (C=O) groups is 4. The number of hydrogen-bond donors (Lipinski definition) is 5. The summed E-state index contributed by atoms with van der Waals surface area (Å²) in [6.45, 7) is 0.585. The number of nitrogens with one attached hydrogen (secondary N) is 3. The van der Waals surface area contributed by atoms with Gasteiger partial charge in [0, 0.05) is 198 Å². The molecule has 35 nitrogen and oxygen atoms in total. The van der Waals surface area contributed by atoms with E-state index in [1.165, 1.54) is 117 Å². The molecule has 8 aromatic rings. The number of likely N-dealkylation sites (N-methyl/N-ethyl adjacent to an activating group) is 1. The Bertz CT molecular complexity index is 6550. The van der Waals surface area contributed by atoms with Gasteiger partial charge in [0.1, 0.15) is 53.1 Å². The fourth-order valence-corrected chi connectivity index (χ4v) is 21.2. The molecule has 8 aliphatic rings. The number of carbonyl (C=O) groups excluding carboxylic acids is 4. The Balaban J connectivity index is 0.000000149. The number of hydrogen-bond acceptors (Lipinski definition) is 32. The lowest BCUT2D eigenvalue weighted by Gasteiger charge is -2.32. The van der Waals surface area contributed by atoms with Crippen molar-refractivity contribution < 1.29 is 112 Å². The van der Waals surface area contributed by atoms with Crippen molar-refractivity contribution in [1.82, 2.24) is 58.4 Å². The molecule has 16 rings (SSSR count). The second-order valence-corrected chi connectivity index (χ2v) is 39.8. The maximum atomic E-state index is 14.7. The van der Waals surface area contributed by atoms with Gasteiger partial charge in [-0.1, -0.05) is 59.1 Å². The molecule has 0 spiro atoms. The maximum Gasteiger partial charge on any atom is 0.405 e. The van der Waals surface area contributed by atoms with E-state index in [2.05, 4.69) is 44.5 Å². The summed E-state index contributed by atoms with van der Waals surface area (Å²) in [6, 6.07) is 7.01. The molecule has 0 unspecified atom stereocenters. The highest BCUT2D eigenvalue weighted by atomic mass is 35.5. The summed E-state index contributed by atoms with van der Waals surface area (Å²) < 4.78 is 231. The van der Waals surface area contributed by atoms with Crippen LogP contribution in [0.3, 0.4) is 0 Å². The lowest BCUT2D eigenvalue weighted by molar-refractivity contribution is -0.137. The third-order valence-electron chi connectivity index (χ3n) is 21.1. The first-order valence-corrected chi connectivity index (χ1v) is 48.4. The Morgan fingerprint density at radius 1 is 0.466 bits per heavy atom. The van der Waals surface area contributed by atoms with Crippen LogP contribution in [0.4, 0.5) is 35.1 Å².